The molecule has 0 aliphatic carbocycles. The number of aliphatic hydroxyl groups is 1. The molecule has 0 fully saturated rings. The van der Waals surface area contributed by atoms with Gasteiger partial charge in [-0.05, 0) is 31.4 Å². The van der Waals surface area contributed by atoms with Crippen molar-refractivity contribution in [1.82, 2.24) is 0 Å². The van der Waals surface area contributed by atoms with E-state index in [1.807, 2.05) is 12.1 Å². The van der Waals surface area contributed by atoms with Crippen LogP contribution in [0.25, 0.3) is 0 Å². The van der Waals surface area contributed by atoms with Crippen LogP contribution in [-0.4, -0.2) is 24.2 Å². The lowest BCUT2D eigenvalue weighted by Gasteiger charge is -2.09. The average molecular weight is 222 g/mol. The molecule has 1 aromatic carbocycles. The highest BCUT2D eigenvalue weighted by Crippen LogP contribution is 2.14. The summed E-state index contributed by atoms with van der Waals surface area (Å²) in [6, 6.07) is 7.20. The maximum atomic E-state index is 11.1. The van der Waals surface area contributed by atoms with E-state index in [0.29, 0.717) is 5.56 Å². The molecule has 0 aromatic heterocycles. The lowest BCUT2D eigenvalue weighted by atomic mass is 10.1. The molecule has 0 spiro atoms. The predicted octanol–water partition coefficient (Wildman–Crippen LogP) is 1.36. The third-order valence-corrected chi connectivity index (χ3v) is 2.34. The molecule has 0 saturated carbocycles. The van der Waals surface area contributed by atoms with Gasteiger partial charge in [-0.2, -0.15) is 0 Å². The van der Waals surface area contributed by atoms with Gasteiger partial charge in [0.25, 0.3) is 5.91 Å². The normalized spacial score (nSPS) is 10.1. The van der Waals surface area contributed by atoms with Crippen LogP contribution in [-0.2, 0) is 0 Å². The second kappa shape index (κ2) is 6.85. The molecule has 0 unspecified atom stereocenters. The third kappa shape index (κ3) is 3.90. The first-order chi connectivity index (χ1) is 7.75. The maximum absolute atomic E-state index is 11.1. The van der Waals surface area contributed by atoms with Gasteiger partial charge in [-0.1, -0.05) is 12.1 Å². The van der Waals surface area contributed by atoms with E-state index in [2.05, 4.69) is 5.32 Å². The number of para-hydroxylation sites is 1. The molecule has 0 atom stereocenters. The van der Waals surface area contributed by atoms with Gasteiger partial charge in [0.15, 0.2) is 0 Å². The Balaban J connectivity index is 2.44. The minimum absolute atomic E-state index is 0.234. The zero-order chi connectivity index (χ0) is 11.8. The van der Waals surface area contributed by atoms with E-state index in [-0.39, 0.29) is 6.61 Å². The minimum atomic E-state index is -0.418. The Kier molecular flexibility index (Phi) is 5.36. The van der Waals surface area contributed by atoms with Crippen molar-refractivity contribution in [3.05, 3.63) is 29.8 Å². The summed E-state index contributed by atoms with van der Waals surface area (Å²) in [6.45, 7) is 1.02. The Hall–Kier alpha value is -1.55. The quantitative estimate of drug-likeness (QED) is 0.610. The number of unbranched alkanes of at least 4 members (excludes halogenated alkanes) is 2. The van der Waals surface area contributed by atoms with Gasteiger partial charge in [0.2, 0.25) is 0 Å². The fourth-order valence-corrected chi connectivity index (χ4v) is 1.49. The van der Waals surface area contributed by atoms with Gasteiger partial charge >= 0.3 is 0 Å². The molecule has 0 aliphatic heterocycles. The maximum Gasteiger partial charge on any atom is 0.250 e. The molecule has 88 valence electrons. The number of benzene rings is 1. The number of carbonyl (C=O) groups excluding carboxylic acids is 1. The summed E-state index contributed by atoms with van der Waals surface area (Å²) in [5, 5.41) is 11.8. The van der Waals surface area contributed by atoms with E-state index >= 15 is 0 Å². The molecule has 4 N–H and O–H groups in total. The van der Waals surface area contributed by atoms with Crippen LogP contribution >= 0.6 is 0 Å². The van der Waals surface area contributed by atoms with Gasteiger partial charge in [0.05, 0.1) is 5.56 Å². The lowest BCUT2D eigenvalue weighted by Crippen LogP contribution is -2.14. The van der Waals surface area contributed by atoms with Crippen LogP contribution in [0.1, 0.15) is 29.6 Å². The first-order valence-corrected chi connectivity index (χ1v) is 5.49. The number of rotatable bonds is 7. The number of nitrogens with two attached hydrogens (primary N) is 1. The van der Waals surface area contributed by atoms with Crippen molar-refractivity contribution in [2.24, 2.45) is 5.73 Å². The van der Waals surface area contributed by atoms with E-state index in [0.717, 1.165) is 31.5 Å². The minimum Gasteiger partial charge on any atom is -0.396 e. The molecule has 0 aliphatic rings. The van der Waals surface area contributed by atoms with Crippen molar-refractivity contribution in [2.75, 3.05) is 18.5 Å². The number of nitrogens with one attached hydrogen (secondary N) is 1. The first kappa shape index (κ1) is 12.5. The fraction of sp³-hybridized carbons (Fsp3) is 0.417. The summed E-state index contributed by atoms with van der Waals surface area (Å²) in [7, 11) is 0. The second-order valence-corrected chi connectivity index (χ2v) is 3.62. The molecular formula is C12H18N2O2. The number of hydrogen-bond acceptors (Lipinski definition) is 3. The molecule has 0 saturated heterocycles. The second-order valence-electron chi connectivity index (χ2n) is 3.62. The number of carbonyl (C=O) groups is 1. The SMILES string of the molecule is NC(=O)c1ccccc1NCCCCCO. The summed E-state index contributed by atoms with van der Waals surface area (Å²) in [5.74, 6) is -0.418. The zero-order valence-corrected chi connectivity index (χ0v) is 9.28. The van der Waals surface area contributed by atoms with Gasteiger partial charge in [-0.25, -0.2) is 0 Å². The van der Waals surface area contributed by atoms with E-state index in [1.165, 1.54) is 0 Å². The third-order valence-electron chi connectivity index (χ3n) is 2.34. The first-order valence-electron chi connectivity index (χ1n) is 5.49. The zero-order valence-electron chi connectivity index (χ0n) is 9.28. The summed E-state index contributed by atoms with van der Waals surface area (Å²) < 4.78 is 0. The highest BCUT2D eigenvalue weighted by molar-refractivity contribution is 5.98. The standard InChI is InChI=1S/C12H18N2O2/c13-12(16)10-6-2-3-7-11(10)14-8-4-1-5-9-15/h2-3,6-7,14-15H,1,4-5,8-9H2,(H2,13,16). The molecule has 1 rings (SSSR count). The molecule has 0 radical (unpaired) electrons. The average Bonchev–Trinajstić information content (AvgIpc) is 2.29. The highest BCUT2D eigenvalue weighted by atomic mass is 16.2. The molecule has 4 nitrogen and oxygen atoms in total. The number of aliphatic hydroxyl groups excluding tert-OH is 1. The number of amides is 1. The van der Waals surface area contributed by atoms with Crippen LogP contribution in [0.2, 0.25) is 0 Å². The molecule has 16 heavy (non-hydrogen) atoms. The summed E-state index contributed by atoms with van der Waals surface area (Å²) in [4.78, 5) is 11.1. The summed E-state index contributed by atoms with van der Waals surface area (Å²) in [5.41, 5.74) is 6.55. The molecule has 1 aromatic rings. The Bertz CT molecular complexity index is 340. The predicted molar refractivity (Wildman–Crippen MR) is 64.4 cm³/mol. The Morgan fingerprint density at radius 1 is 1.25 bits per heavy atom. The van der Waals surface area contributed by atoms with Gasteiger partial charge in [0, 0.05) is 18.8 Å². The number of primary amides is 1. The van der Waals surface area contributed by atoms with Gasteiger partial charge < -0.3 is 16.2 Å². The van der Waals surface area contributed by atoms with Crippen molar-refractivity contribution >= 4 is 11.6 Å². The van der Waals surface area contributed by atoms with Crippen molar-refractivity contribution in [1.29, 1.82) is 0 Å². The largest absolute Gasteiger partial charge is 0.396 e. The Morgan fingerprint density at radius 3 is 2.69 bits per heavy atom. The van der Waals surface area contributed by atoms with E-state index in [4.69, 9.17) is 10.8 Å². The summed E-state index contributed by atoms with van der Waals surface area (Å²) >= 11 is 0. The van der Waals surface area contributed by atoms with E-state index in [9.17, 15) is 4.79 Å². The lowest BCUT2D eigenvalue weighted by molar-refractivity contribution is 0.100. The molecule has 0 heterocycles. The summed E-state index contributed by atoms with van der Waals surface area (Å²) in [6.07, 6.45) is 2.76. The Labute approximate surface area is 95.5 Å². The number of anilines is 1. The molecule has 1 amide bonds. The monoisotopic (exact) mass is 222 g/mol. The van der Waals surface area contributed by atoms with Crippen LogP contribution in [0.5, 0.6) is 0 Å². The molecule has 4 heteroatoms. The van der Waals surface area contributed by atoms with E-state index in [1.54, 1.807) is 12.1 Å². The van der Waals surface area contributed by atoms with Crippen LogP contribution in [0, 0.1) is 0 Å². The smallest absolute Gasteiger partial charge is 0.250 e. The molecule has 0 bridgehead atoms. The topological polar surface area (TPSA) is 75.4 Å². The van der Waals surface area contributed by atoms with Crippen LogP contribution in [0.15, 0.2) is 24.3 Å². The van der Waals surface area contributed by atoms with Crippen LogP contribution < -0.4 is 11.1 Å². The van der Waals surface area contributed by atoms with Crippen molar-refractivity contribution in [2.45, 2.75) is 19.3 Å². The van der Waals surface area contributed by atoms with Crippen molar-refractivity contribution in [3.8, 4) is 0 Å². The number of hydrogen-bond donors (Lipinski definition) is 3. The van der Waals surface area contributed by atoms with Crippen molar-refractivity contribution in [3.63, 3.8) is 0 Å². The van der Waals surface area contributed by atoms with Gasteiger partial charge in [0.1, 0.15) is 0 Å². The Morgan fingerprint density at radius 2 is 2.00 bits per heavy atom. The molecular weight excluding hydrogens is 204 g/mol. The van der Waals surface area contributed by atoms with Gasteiger partial charge in [-0.15, -0.1) is 0 Å². The highest BCUT2D eigenvalue weighted by Gasteiger charge is 2.05. The van der Waals surface area contributed by atoms with Crippen LogP contribution in [0.4, 0.5) is 5.69 Å². The van der Waals surface area contributed by atoms with E-state index < -0.39 is 5.91 Å². The fourth-order valence-electron chi connectivity index (χ4n) is 1.49. The van der Waals surface area contributed by atoms with Crippen molar-refractivity contribution < 1.29 is 9.90 Å². The van der Waals surface area contributed by atoms with Crippen LogP contribution in [0.3, 0.4) is 0 Å². The van der Waals surface area contributed by atoms with Gasteiger partial charge in [-0.3, -0.25) is 4.79 Å².